The molecule has 2 aromatic heterocycles. The van der Waals surface area contributed by atoms with Gasteiger partial charge < -0.3 is 5.11 Å². The lowest BCUT2D eigenvalue weighted by Gasteiger charge is -2.03. The molecule has 0 aromatic carbocycles. The summed E-state index contributed by atoms with van der Waals surface area (Å²) >= 11 is 1.55. The second kappa shape index (κ2) is 4.09. The van der Waals surface area contributed by atoms with Crippen LogP contribution in [0.2, 0.25) is 0 Å². The summed E-state index contributed by atoms with van der Waals surface area (Å²) in [4.78, 5) is 12.1. The SMILES string of the molecule is CCc1ccsc1-c1c(C(=O)O)cnn1C. The van der Waals surface area contributed by atoms with Gasteiger partial charge in [-0.1, -0.05) is 6.92 Å². The van der Waals surface area contributed by atoms with Crippen molar-refractivity contribution in [2.75, 3.05) is 0 Å². The van der Waals surface area contributed by atoms with Crippen molar-refractivity contribution in [3.8, 4) is 10.6 Å². The first kappa shape index (κ1) is 10.9. The predicted octanol–water partition coefficient (Wildman–Crippen LogP) is 2.41. The highest BCUT2D eigenvalue weighted by Gasteiger charge is 2.19. The van der Waals surface area contributed by atoms with Crippen molar-refractivity contribution in [3.05, 3.63) is 28.8 Å². The molecule has 2 rings (SSSR count). The van der Waals surface area contributed by atoms with E-state index in [4.69, 9.17) is 5.11 Å². The maximum atomic E-state index is 11.1. The van der Waals surface area contributed by atoms with Crippen molar-refractivity contribution >= 4 is 17.3 Å². The Labute approximate surface area is 97.2 Å². The van der Waals surface area contributed by atoms with E-state index in [1.54, 1.807) is 23.1 Å². The smallest absolute Gasteiger partial charge is 0.339 e. The number of thiophene rings is 1. The highest BCUT2D eigenvalue weighted by molar-refractivity contribution is 7.13. The van der Waals surface area contributed by atoms with Crippen LogP contribution in [0.3, 0.4) is 0 Å². The zero-order valence-corrected chi connectivity index (χ0v) is 9.91. The van der Waals surface area contributed by atoms with Crippen LogP contribution in [0.1, 0.15) is 22.8 Å². The number of hydrogen-bond donors (Lipinski definition) is 1. The lowest BCUT2D eigenvalue weighted by Crippen LogP contribution is -2.00. The molecule has 0 bridgehead atoms. The topological polar surface area (TPSA) is 55.1 Å². The molecule has 84 valence electrons. The fourth-order valence-electron chi connectivity index (χ4n) is 1.69. The van der Waals surface area contributed by atoms with Crippen molar-refractivity contribution in [3.63, 3.8) is 0 Å². The molecule has 1 N–H and O–H groups in total. The second-order valence-electron chi connectivity index (χ2n) is 3.46. The fraction of sp³-hybridized carbons (Fsp3) is 0.273. The number of aryl methyl sites for hydroxylation is 2. The molecule has 0 saturated carbocycles. The van der Waals surface area contributed by atoms with Gasteiger partial charge in [-0.05, 0) is 23.4 Å². The molecule has 0 aliphatic rings. The van der Waals surface area contributed by atoms with Crippen LogP contribution >= 0.6 is 11.3 Å². The van der Waals surface area contributed by atoms with Gasteiger partial charge in [-0.25, -0.2) is 4.79 Å². The van der Waals surface area contributed by atoms with Crippen LogP contribution in [-0.2, 0) is 13.5 Å². The van der Waals surface area contributed by atoms with Crippen molar-refractivity contribution in [2.45, 2.75) is 13.3 Å². The number of carboxylic acids is 1. The minimum Gasteiger partial charge on any atom is -0.478 e. The molecule has 16 heavy (non-hydrogen) atoms. The van der Waals surface area contributed by atoms with Crippen LogP contribution in [-0.4, -0.2) is 20.9 Å². The lowest BCUT2D eigenvalue weighted by atomic mass is 10.1. The van der Waals surface area contributed by atoms with Crippen LogP contribution in [0.25, 0.3) is 10.6 Å². The molecule has 2 aromatic rings. The molecule has 0 radical (unpaired) electrons. The highest BCUT2D eigenvalue weighted by Crippen LogP contribution is 2.32. The van der Waals surface area contributed by atoms with Gasteiger partial charge in [0.2, 0.25) is 0 Å². The van der Waals surface area contributed by atoms with Crippen LogP contribution in [0.4, 0.5) is 0 Å². The summed E-state index contributed by atoms with van der Waals surface area (Å²) < 4.78 is 1.62. The molecule has 0 amide bonds. The van der Waals surface area contributed by atoms with Crippen molar-refractivity contribution in [1.29, 1.82) is 0 Å². The van der Waals surface area contributed by atoms with E-state index in [-0.39, 0.29) is 5.56 Å². The third-order valence-corrected chi connectivity index (χ3v) is 3.48. The van der Waals surface area contributed by atoms with Gasteiger partial charge in [0.15, 0.2) is 0 Å². The van der Waals surface area contributed by atoms with Crippen LogP contribution in [0, 0.1) is 0 Å². The number of carbonyl (C=O) groups is 1. The third kappa shape index (κ3) is 1.63. The monoisotopic (exact) mass is 236 g/mol. The Morgan fingerprint density at radius 1 is 1.62 bits per heavy atom. The van der Waals surface area contributed by atoms with E-state index < -0.39 is 5.97 Å². The molecular formula is C11H12N2O2S. The van der Waals surface area contributed by atoms with Crippen LogP contribution in [0.15, 0.2) is 17.6 Å². The standard InChI is InChI=1S/C11H12N2O2S/c1-3-7-4-5-16-10(7)9-8(11(14)15)6-12-13(9)2/h4-6H,3H2,1-2H3,(H,14,15). The number of carboxylic acid groups (broad SMARTS) is 1. The van der Waals surface area contributed by atoms with E-state index in [1.165, 1.54) is 6.20 Å². The van der Waals surface area contributed by atoms with Gasteiger partial charge in [0.05, 0.1) is 16.8 Å². The first-order valence-corrected chi connectivity index (χ1v) is 5.85. The summed E-state index contributed by atoms with van der Waals surface area (Å²) in [7, 11) is 1.76. The Bertz CT molecular complexity index is 528. The summed E-state index contributed by atoms with van der Waals surface area (Å²) in [5.41, 5.74) is 2.12. The first-order valence-electron chi connectivity index (χ1n) is 4.97. The fourth-order valence-corrected chi connectivity index (χ4v) is 2.77. The number of aromatic nitrogens is 2. The van der Waals surface area contributed by atoms with Crippen molar-refractivity contribution in [1.82, 2.24) is 9.78 Å². The van der Waals surface area contributed by atoms with Crippen LogP contribution in [0.5, 0.6) is 0 Å². The zero-order chi connectivity index (χ0) is 11.7. The largest absolute Gasteiger partial charge is 0.478 e. The average Bonchev–Trinajstić information content (AvgIpc) is 2.82. The van der Waals surface area contributed by atoms with Crippen molar-refractivity contribution in [2.24, 2.45) is 7.05 Å². The Balaban J connectivity index is 2.63. The number of rotatable bonds is 3. The van der Waals surface area contributed by atoms with E-state index in [0.29, 0.717) is 5.69 Å². The van der Waals surface area contributed by atoms with E-state index >= 15 is 0 Å². The molecule has 0 atom stereocenters. The summed E-state index contributed by atoms with van der Waals surface area (Å²) in [6.07, 6.45) is 2.29. The minimum atomic E-state index is -0.932. The summed E-state index contributed by atoms with van der Waals surface area (Å²) in [6, 6.07) is 2.03. The van der Waals surface area contributed by atoms with Gasteiger partial charge in [0.1, 0.15) is 5.56 Å². The predicted molar refractivity (Wildman–Crippen MR) is 62.9 cm³/mol. The van der Waals surface area contributed by atoms with Gasteiger partial charge in [-0.2, -0.15) is 5.10 Å². The Morgan fingerprint density at radius 2 is 2.38 bits per heavy atom. The first-order chi connectivity index (χ1) is 7.65. The van der Waals surface area contributed by atoms with E-state index in [9.17, 15) is 4.79 Å². The van der Waals surface area contributed by atoms with Gasteiger partial charge in [0.25, 0.3) is 0 Å². The quantitative estimate of drug-likeness (QED) is 0.890. The zero-order valence-electron chi connectivity index (χ0n) is 9.10. The van der Waals surface area contributed by atoms with Gasteiger partial charge in [-0.3, -0.25) is 4.68 Å². The van der Waals surface area contributed by atoms with Gasteiger partial charge in [-0.15, -0.1) is 11.3 Å². The van der Waals surface area contributed by atoms with E-state index in [0.717, 1.165) is 16.9 Å². The van der Waals surface area contributed by atoms with Gasteiger partial charge in [0, 0.05) is 7.05 Å². The Kier molecular flexibility index (Phi) is 2.78. The number of nitrogens with zero attached hydrogens (tertiary/aromatic N) is 2. The second-order valence-corrected chi connectivity index (χ2v) is 4.38. The summed E-state index contributed by atoms with van der Waals surface area (Å²) in [6.45, 7) is 2.06. The van der Waals surface area contributed by atoms with Crippen molar-refractivity contribution < 1.29 is 9.90 Å². The molecule has 5 heteroatoms. The summed E-state index contributed by atoms with van der Waals surface area (Å²) in [5, 5.41) is 15.1. The molecule has 0 spiro atoms. The number of hydrogen-bond acceptors (Lipinski definition) is 3. The highest BCUT2D eigenvalue weighted by atomic mass is 32.1. The molecule has 0 unspecified atom stereocenters. The molecular weight excluding hydrogens is 224 g/mol. The summed E-state index contributed by atoms with van der Waals surface area (Å²) in [5.74, 6) is -0.932. The molecule has 0 saturated heterocycles. The molecule has 2 heterocycles. The maximum Gasteiger partial charge on any atom is 0.339 e. The average molecular weight is 236 g/mol. The molecule has 0 aliphatic carbocycles. The Hall–Kier alpha value is -1.62. The Morgan fingerprint density at radius 3 is 3.00 bits per heavy atom. The minimum absolute atomic E-state index is 0.264. The lowest BCUT2D eigenvalue weighted by molar-refractivity contribution is 0.0697. The molecule has 4 nitrogen and oxygen atoms in total. The molecule has 0 aliphatic heterocycles. The van der Waals surface area contributed by atoms with Gasteiger partial charge >= 0.3 is 5.97 Å². The third-order valence-electron chi connectivity index (χ3n) is 2.51. The number of aromatic carboxylic acids is 1. The van der Waals surface area contributed by atoms with E-state index in [2.05, 4.69) is 12.0 Å². The molecule has 0 fully saturated rings. The van der Waals surface area contributed by atoms with Crippen LogP contribution < -0.4 is 0 Å². The maximum absolute atomic E-state index is 11.1. The normalized spacial score (nSPS) is 10.6. The van der Waals surface area contributed by atoms with E-state index in [1.807, 2.05) is 11.4 Å².